The molecule has 194 valence electrons. The van der Waals surface area contributed by atoms with E-state index in [0.29, 0.717) is 51.4 Å². The first kappa shape index (κ1) is 29.9. The molecule has 1 aliphatic carbocycles. The van der Waals surface area contributed by atoms with E-state index in [1.807, 2.05) is 27.7 Å². The Morgan fingerprint density at radius 3 is 1.39 bits per heavy atom. The van der Waals surface area contributed by atoms with Crippen LogP contribution in [0.2, 0.25) is 0 Å². The van der Waals surface area contributed by atoms with Gasteiger partial charge in [-0.2, -0.15) is 0 Å². The van der Waals surface area contributed by atoms with Gasteiger partial charge in [-0.05, 0) is 63.2 Å². The van der Waals surface area contributed by atoms with E-state index < -0.39 is 34.6 Å². The van der Waals surface area contributed by atoms with Crippen LogP contribution in [0.5, 0.6) is 0 Å². The molecular formula is C27H52N2O4. The number of aliphatic hydroxyl groups is 2. The highest BCUT2D eigenvalue weighted by atomic mass is 16.3. The van der Waals surface area contributed by atoms with Crippen LogP contribution in [-0.4, -0.2) is 50.2 Å². The molecule has 33 heavy (non-hydrogen) atoms. The Morgan fingerprint density at radius 2 is 1.15 bits per heavy atom. The van der Waals surface area contributed by atoms with Gasteiger partial charge in [0.1, 0.15) is 5.41 Å². The van der Waals surface area contributed by atoms with Gasteiger partial charge in [0.25, 0.3) is 0 Å². The minimum absolute atomic E-state index is 0.221. The summed E-state index contributed by atoms with van der Waals surface area (Å²) in [6.45, 7) is 16.1. The van der Waals surface area contributed by atoms with E-state index in [9.17, 15) is 19.8 Å². The van der Waals surface area contributed by atoms with Crippen LogP contribution in [0.15, 0.2) is 0 Å². The molecule has 4 N–H and O–H groups in total. The molecule has 6 heteroatoms. The summed E-state index contributed by atoms with van der Waals surface area (Å²) in [6, 6.07) is -1.02. The van der Waals surface area contributed by atoms with Gasteiger partial charge in [0.05, 0.1) is 23.3 Å². The summed E-state index contributed by atoms with van der Waals surface area (Å²) in [6.07, 6.45) is 5.57. The molecule has 6 nitrogen and oxygen atoms in total. The molecule has 0 saturated heterocycles. The number of carbonyl (C=O) groups is 2. The Balaban J connectivity index is 3.89. The SMILES string of the molecule is CCC(O)(CC)C(CC(C)C)N(C(=O)C1(C(N)=O)CCCC1)C(CC(C)C)C(O)(CC)CC. The molecule has 0 aliphatic heterocycles. The highest BCUT2D eigenvalue weighted by molar-refractivity contribution is 6.05. The third-order valence-corrected chi connectivity index (χ3v) is 8.32. The van der Waals surface area contributed by atoms with Crippen molar-refractivity contribution in [3.05, 3.63) is 0 Å². The minimum atomic E-state index is -1.25. The lowest BCUT2D eigenvalue weighted by atomic mass is 9.74. The molecule has 0 aromatic heterocycles. The molecule has 2 amide bonds. The van der Waals surface area contributed by atoms with Gasteiger partial charge in [-0.1, -0.05) is 68.2 Å². The number of rotatable bonds is 14. The number of amides is 2. The van der Waals surface area contributed by atoms with Crippen molar-refractivity contribution < 1.29 is 19.8 Å². The maximum atomic E-state index is 14.5. The molecule has 1 fully saturated rings. The summed E-state index contributed by atoms with van der Waals surface area (Å²) < 4.78 is 0. The average molecular weight is 469 g/mol. The maximum Gasteiger partial charge on any atom is 0.238 e. The lowest BCUT2D eigenvalue weighted by Gasteiger charge is -2.53. The number of carbonyl (C=O) groups excluding carboxylic acids is 2. The zero-order valence-corrected chi connectivity index (χ0v) is 22.6. The summed E-state index contributed by atoms with van der Waals surface area (Å²) in [4.78, 5) is 29.1. The Morgan fingerprint density at radius 1 is 0.818 bits per heavy atom. The largest absolute Gasteiger partial charge is 0.388 e. The van der Waals surface area contributed by atoms with Crippen LogP contribution in [0, 0.1) is 17.3 Å². The Labute approximate surface area is 202 Å². The van der Waals surface area contributed by atoms with Gasteiger partial charge in [-0.3, -0.25) is 9.59 Å². The van der Waals surface area contributed by atoms with Crippen molar-refractivity contribution in [2.75, 3.05) is 0 Å². The summed E-state index contributed by atoms with van der Waals surface area (Å²) in [5, 5.41) is 23.6. The fourth-order valence-corrected chi connectivity index (χ4v) is 5.81. The third-order valence-electron chi connectivity index (χ3n) is 8.32. The summed E-state index contributed by atoms with van der Waals surface area (Å²) in [5.41, 5.74) is 2.42. The third kappa shape index (κ3) is 6.30. The predicted octanol–water partition coefficient (Wildman–Crippen LogP) is 4.79. The second-order valence-electron chi connectivity index (χ2n) is 11.3. The number of nitrogens with two attached hydrogens (primary N) is 1. The van der Waals surface area contributed by atoms with Gasteiger partial charge in [0.2, 0.25) is 11.8 Å². The molecule has 2 atom stereocenters. The Hall–Kier alpha value is -1.14. The normalized spacial score (nSPS) is 18.5. The molecule has 0 heterocycles. The first-order valence-electron chi connectivity index (χ1n) is 13.4. The van der Waals surface area contributed by atoms with E-state index in [1.54, 1.807) is 4.90 Å². The highest BCUT2D eigenvalue weighted by Crippen LogP contribution is 2.45. The smallest absolute Gasteiger partial charge is 0.238 e. The topological polar surface area (TPSA) is 104 Å². The van der Waals surface area contributed by atoms with Crippen molar-refractivity contribution in [2.45, 2.75) is 143 Å². The highest BCUT2D eigenvalue weighted by Gasteiger charge is 2.56. The molecule has 0 bridgehead atoms. The first-order chi connectivity index (χ1) is 15.3. The van der Waals surface area contributed by atoms with Crippen LogP contribution in [0.4, 0.5) is 0 Å². The van der Waals surface area contributed by atoms with Crippen LogP contribution in [0.1, 0.15) is 120 Å². The molecule has 1 rings (SSSR count). The molecule has 1 aliphatic rings. The zero-order valence-electron chi connectivity index (χ0n) is 22.6. The molecule has 2 unspecified atom stereocenters. The number of nitrogens with zero attached hydrogens (tertiary/aromatic N) is 1. The van der Waals surface area contributed by atoms with E-state index in [-0.39, 0.29) is 17.7 Å². The van der Waals surface area contributed by atoms with E-state index in [2.05, 4.69) is 27.7 Å². The van der Waals surface area contributed by atoms with Crippen molar-refractivity contribution in [1.29, 1.82) is 0 Å². The van der Waals surface area contributed by atoms with Gasteiger partial charge in [-0.15, -0.1) is 0 Å². The second kappa shape index (κ2) is 12.0. The van der Waals surface area contributed by atoms with Gasteiger partial charge >= 0.3 is 0 Å². The molecule has 0 spiro atoms. The van der Waals surface area contributed by atoms with Crippen LogP contribution < -0.4 is 5.73 Å². The summed E-state index contributed by atoms with van der Waals surface area (Å²) >= 11 is 0. The number of primary amides is 1. The quantitative estimate of drug-likeness (QED) is 0.319. The van der Waals surface area contributed by atoms with Gasteiger partial charge in [0.15, 0.2) is 0 Å². The Kier molecular flexibility index (Phi) is 10.9. The van der Waals surface area contributed by atoms with Crippen molar-refractivity contribution in [1.82, 2.24) is 4.90 Å². The van der Waals surface area contributed by atoms with Crippen molar-refractivity contribution >= 4 is 11.8 Å². The lowest BCUT2D eigenvalue weighted by Crippen LogP contribution is -2.67. The fourth-order valence-electron chi connectivity index (χ4n) is 5.81. The van der Waals surface area contributed by atoms with Crippen LogP contribution >= 0.6 is 0 Å². The summed E-state index contributed by atoms with van der Waals surface area (Å²) in [5.74, 6) is -0.419. The van der Waals surface area contributed by atoms with Crippen molar-refractivity contribution in [2.24, 2.45) is 23.0 Å². The van der Waals surface area contributed by atoms with Crippen LogP contribution in [-0.2, 0) is 9.59 Å². The zero-order chi connectivity index (χ0) is 25.6. The van der Waals surface area contributed by atoms with Gasteiger partial charge in [-0.25, -0.2) is 0 Å². The molecule has 1 saturated carbocycles. The second-order valence-corrected chi connectivity index (χ2v) is 11.3. The maximum absolute atomic E-state index is 14.5. The Bertz CT molecular complexity index is 600. The number of hydrogen-bond acceptors (Lipinski definition) is 4. The molecule has 0 aromatic rings. The molecule has 0 aromatic carbocycles. The van der Waals surface area contributed by atoms with Gasteiger partial charge < -0.3 is 20.8 Å². The predicted molar refractivity (Wildman–Crippen MR) is 134 cm³/mol. The minimum Gasteiger partial charge on any atom is -0.388 e. The average Bonchev–Trinajstić information content (AvgIpc) is 3.27. The van der Waals surface area contributed by atoms with Crippen LogP contribution in [0.25, 0.3) is 0 Å². The lowest BCUT2D eigenvalue weighted by molar-refractivity contribution is -0.174. The number of hydrogen-bond donors (Lipinski definition) is 3. The van der Waals surface area contributed by atoms with Crippen molar-refractivity contribution in [3.63, 3.8) is 0 Å². The first-order valence-corrected chi connectivity index (χ1v) is 13.4. The standard InChI is InChI=1S/C27H52N2O4/c1-9-26(32,10-2)21(17-19(5)6)29(22(18-20(7)8)27(33,11-3)12-4)24(31)25(23(28)30)15-13-14-16-25/h19-22,32-33H,9-18H2,1-8H3,(H2,28,30). The fraction of sp³-hybridized carbons (Fsp3) is 0.926. The van der Waals surface area contributed by atoms with E-state index in [4.69, 9.17) is 5.73 Å². The summed E-state index contributed by atoms with van der Waals surface area (Å²) in [7, 11) is 0. The van der Waals surface area contributed by atoms with Gasteiger partial charge in [0, 0.05) is 0 Å². The van der Waals surface area contributed by atoms with Crippen molar-refractivity contribution in [3.8, 4) is 0 Å². The van der Waals surface area contributed by atoms with E-state index in [1.165, 1.54) is 0 Å². The van der Waals surface area contributed by atoms with Crippen LogP contribution in [0.3, 0.4) is 0 Å². The molecule has 0 radical (unpaired) electrons. The monoisotopic (exact) mass is 468 g/mol. The molecular weight excluding hydrogens is 416 g/mol. The van der Waals surface area contributed by atoms with E-state index >= 15 is 0 Å². The van der Waals surface area contributed by atoms with E-state index in [0.717, 1.165) is 12.8 Å².